The van der Waals surface area contributed by atoms with Crippen LogP contribution >= 0.6 is 22.6 Å². The molecule has 0 spiro atoms. The molecule has 2 aromatic carbocycles. The number of halogens is 1. The molecule has 0 radical (unpaired) electrons. The highest BCUT2D eigenvalue weighted by Crippen LogP contribution is 2.33. The van der Waals surface area contributed by atoms with Crippen LogP contribution in [0.25, 0.3) is 0 Å². The summed E-state index contributed by atoms with van der Waals surface area (Å²) in [7, 11) is 0. The molecular formula is C18H21IO. The number of aliphatic hydroxyl groups is 1. The molecule has 0 aliphatic heterocycles. The van der Waals surface area contributed by atoms with E-state index in [1.165, 1.54) is 27.8 Å². The predicted molar refractivity (Wildman–Crippen MR) is 93.3 cm³/mol. The molecule has 0 saturated heterocycles. The van der Waals surface area contributed by atoms with Crippen molar-refractivity contribution in [2.24, 2.45) is 0 Å². The van der Waals surface area contributed by atoms with Gasteiger partial charge in [-0.3, -0.25) is 0 Å². The van der Waals surface area contributed by atoms with E-state index in [-0.39, 0.29) is 0 Å². The van der Waals surface area contributed by atoms with Crippen LogP contribution in [0.5, 0.6) is 0 Å². The second kappa shape index (κ2) is 5.86. The van der Waals surface area contributed by atoms with Gasteiger partial charge in [0.05, 0.1) is 0 Å². The van der Waals surface area contributed by atoms with Gasteiger partial charge in [-0.05, 0) is 108 Å². The molecule has 0 amide bonds. The highest BCUT2D eigenvalue weighted by Gasteiger charge is 2.20. The standard InChI is InChI=1S/C18H21IO/c1-10-11(2)13(4)17(14(5)12(10)3)18(20)15-7-6-8-16(19)9-15/h6-9,18,20H,1-5H3. The van der Waals surface area contributed by atoms with Crippen LogP contribution in [0.4, 0.5) is 0 Å². The molecule has 0 heterocycles. The quantitative estimate of drug-likeness (QED) is 0.734. The Morgan fingerprint density at radius 3 is 1.85 bits per heavy atom. The average molecular weight is 380 g/mol. The van der Waals surface area contributed by atoms with Crippen molar-refractivity contribution in [2.45, 2.75) is 40.7 Å². The maximum absolute atomic E-state index is 10.8. The van der Waals surface area contributed by atoms with E-state index < -0.39 is 6.10 Å². The van der Waals surface area contributed by atoms with Crippen molar-refractivity contribution < 1.29 is 5.11 Å². The molecule has 0 fully saturated rings. The van der Waals surface area contributed by atoms with Crippen LogP contribution in [0.15, 0.2) is 24.3 Å². The minimum Gasteiger partial charge on any atom is -0.384 e. The zero-order chi connectivity index (χ0) is 15.0. The van der Waals surface area contributed by atoms with Gasteiger partial charge in [-0.1, -0.05) is 12.1 Å². The summed E-state index contributed by atoms with van der Waals surface area (Å²) < 4.78 is 1.15. The summed E-state index contributed by atoms with van der Waals surface area (Å²) in [5.41, 5.74) is 8.34. The van der Waals surface area contributed by atoms with Crippen molar-refractivity contribution in [3.05, 3.63) is 66.8 Å². The van der Waals surface area contributed by atoms with Crippen LogP contribution in [0.1, 0.15) is 45.0 Å². The third kappa shape index (κ3) is 2.63. The Hall–Kier alpha value is -0.870. The summed E-state index contributed by atoms with van der Waals surface area (Å²) in [6, 6.07) is 8.09. The van der Waals surface area contributed by atoms with Gasteiger partial charge in [-0.25, -0.2) is 0 Å². The summed E-state index contributed by atoms with van der Waals surface area (Å²) >= 11 is 2.28. The molecule has 20 heavy (non-hydrogen) atoms. The van der Waals surface area contributed by atoms with E-state index in [4.69, 9.17) is 0 Å². The molecule has 0 bridgehead atoms. The Bertz CT molecular complexity index is 630. The van der Waals surface area contributed by atoms with Crippen LogP contribution < -0.4 is 0 Å². The average Bonchev–Trinajstić information content (AvgIpc) is 2.43. The molecular weight excluding hydrogens is 359 g/mol. The number of rotatable bonds is 2. The van der Waals surface area contributed by atoms with E-state index >= 15 is 0 Å². The van der Waals surface area contributed by atoms with Crippen LogP contribution in [-0.2, 0) is 0 Å². The molecule has 0 aliphatic rings. The second-order valence-corrected chi connectivity index (χ2v) is 6.74. The summed E-state index contributed by atoms with van der Waals surface area (Å²) in [6.45, 7) is 10.7. The Labute approximate surface area is 135 Å². The normalized spacial score (nSPS) is 12.6. The summed E-state index contributed by atoms with van der Waals surface area (Å²) in [5.74, 6) is 0. The van der Waals surface area contributed by atoms with E-state index in [2.05, 4.69) is 63.3 Å². The van der Waals surface area contributed by atoms with Crippen LogP contribution in [0.3, 0.4) is 0 Å². The Balaban J connectivity index is 2.64. The first-order valence-corrected chi connectivity index (χ1v) is 7.92. The number of benzene rings is 2. The van der Waals surface area contributed by atoms with Gasteiger partial charge < -0.3 is 5.11 Å². The third-order valence-corrected chi connectivity index (χ3v) is 5.17. The van der Waals surface area contributed by atoms with Crippen molar-refractivity contribution >= 4 is 22.6 Å². The Morgan fingerprint density at radius 1 is 0.850 bits per heavy atom. The first-order chi connectivity index (χ1) is 9.34. The fourth-order valence-electron chi connectivity index (χ4n) is 2.78. The number of hydrogen-bond acceptors (Lipinski definition) is 1. The Morgan fingerprint density at radius 2 is 1.35 bits per heavy atom. The smallest absolute Gasteiger partial charge is 0.105 e. The molecule has 1 N–H and O–H groups in total. The highest BCUT2D eigenvalue weighted by atomic mass is 127. The maximum Gasteiger partial charge on any atom is 0.105 e. The van der Waals surface area contributed by atoms with Gasteiger partial charge in [0.25, 0.3) is 0 Å². The first kappa shape index (κ1) is 15.5. The third-order valence-electron chi connectivity index (χ3n) is 4.50. The largest absolute Gasteiger partial charge is 0.384 e. The van der Waals surface area contributed by atoms with E-state index in [1.54, 1.807) is 0 Å². The van der Waals surface area contributed by atoms with Gasteiger partial charge in [0, 0.05) is 3.57 Å². The van der Waals surface area contributed by atoms with Gasteiger partial charge in [0.15, 0.2) is 0 Å². The molecule has 2 aromatic rings. The van der Waals surface area contributed by atoms with Gasteiger partial charge in [0.1, 0.15) is 6.10 Å². The fraction of sp³-hybridized carbons (Fsp3) is 0.333. The van der Waals surface area contributed by atoms with Crippen LogP contribution in [-0.4, -0.2) is 5.11 Å². The SMILES string of the molecule is Cc1c(C)c(C)c(C(O)c2cccc(I)c2)c(C)c1C. The summed E-state index contributed by atoms with van der Waals surface area (Å²) in [4.78, 5) is 0. The Kier molecular flexibility index (Phi) is 4.55. The molecule has 106 valence electrons. The first-order valence-electron chi connectivity index (χ1n) is 6.85. The van der Waals surface area contributed by atoms with E-state index in [0.717, 1.165) is 14.7 Å². The number of hydrogen-bond donors (Lipinski definition) is 1. The summed E-state index contributed by atoms with van der Waals surface area (Å²) in [5, 5.41) is 10.8. The molecule has 0 aromatic heterocycles. The molecule has 1 unspecified atom stereocenters. The molecule has 1 nitrogen and oxygen atoms in total. The van der Waals surface area contributed by atoms with Gasteiger partial charge in [0.2, 0.25) is 0 Å². The monoisotopic (exact) mass is 380 g/mol. The molecule has 0 saturated carbocycles. The molecule has 2 heteroatoms. The van der Waals surface area contributed by atoms with E-state index in [1.807, 2.05) is 18.2 Å². The maximum atomic E-state index is 10.8. The minimum absolute atomic E-state index is 0.553. The predicted octanol–water partition coefficient (Wildman–Crippen LogP) is 4.92. The topological polar surface area (TPSA) is 20.2 Å². The van der Waals surface area contributed by atoms with Gasteiger partial charge in [-0.15, -0.1) is 0 Å². The van der Waals surface area contributed by atoms with E-state index in [0.29, 0.717) is 0 Å². The van der Waals surface area contributed by atoms with Crippen molar-refractivity contribution in [3.8, 4) is 0 Å². The highest BCUT2D eigenvalue weighted by molar-refractivity contribution is 14.1. The van der Waals surface area contributed by atoms with Gasteiger partial charge >= 0.3 is 0 Å². The molecule has 2 rings (SSSR count). The second-order valence-electron chi connectivity index (χ2n) is 5.50. The van der Waals surface area contributed by atoms with Crippen molar-refractivity contribution in [1.82, 2.24) is 0 Å². The number of aliphatic hydroxyl groups excluding tert-OH is 1. The molecule has 1 atom stereocenters. The molecule has 0 aliphatic carbocycles. The lowest BCUT2D eigenvalue weighted by atomic mass is 9.85. The van der Waals surface area contributed by atoms with Crippen molar-refractivity contribution in [3.63, 3.8) is 0 Å². The van der Waals surface area contributed by atoms with Crippen molar-refractivity contribution in [2.75, 3.05) is 0 Å². The van der Waals surface area contributed by atoms with Crippen LogP contribution in [0, 0.1) is 38.2 Å². The van der Waals surface area contributed by atoms with Gasteiger partial charge in [-0.2, -0.15) is 0 Å². The lowest BCUT2D eigenvalue weighted by Gasteiger charge is -2.23. The minimum atomic E-state index is -0.553. The lowest BCUT2D eigenvalue weighted by molar-refractivity contribution is 0.218. The van der Waals surface area contributed by atoms with Crippen LogP contribution in [0.2, 0.25) is 0 Å². The lowest BCUT2D eigenvalue weighted by Crippen LogP contribution is -2.09. The zero-order valence-corrected chi connectivity index (χ0v) is 14.9. The zero-order valence-electron chi connectivity index (χ0n) is 12.7. The van der Waals surface area contributed by atoms with Crippen molar-refractivity contribution in [1.29, 1.82) is 0 Å². The van der Waals surface area contributed by atoms with E-state index in [9.17, 15) is 5.11 Å². The fourth-order valence-corrected chi connectivity index (χ4v) is 3.35. The summed E-state index contributed by atoms with van der Waals surface area (Å²) in [6.07, 6.45) is -0.553.